The SMILES string of the molecule is N#C/N=C(\NCC12CC3CC(CC1C3)C2)Nc1cccc2ncoc12. The van der Waals surface area contributed by atoms with E-state index >= 15 is 0 Å². The van der Waals surface area contributed by atoms with Crippen LogP contribution < -0.4 is 10.6 Å². The minimum absolute atomic E-state index is 0.406. The van der Waals surface area contributed by atoms with Gasteiger partial charge in [-0.05, 0) is 67.4 Å². The Balaban J connectivity index is 1.34. The third-order valence-electron chi connectivity index (χ3n) is 6.54. The number of aliphatic imine (C=N–C) groups is 1. The van der Waals surface area contributed by atoms with E-state index in [1.807, 2.05) is 24.4 Å². The van der Waals surface area contributed by atoms with Gasteiger partial charge in [-0.2, -0.15) is 5.26 Å². The Bertz CT molecular complexity index is 865. The van der Waals surface area contributed by atoms with Gasteiger partial charge in [0.1, 0.15) is 5.52 Å². The molecule has 4 saturated carbocycles. The summed E-state index contributed by atoms with van der Waals surface area (Å²) in [5.41, 5.74) is 2.64. The van der Waals surface area contributed by atoms with Gasteiger partial charge in [0.15, 0.2) is 12.0 Å². The second-order valence-electron chi connectivity index (χ2n) is 7.95. The Morgan fingerprint density at radius 3 is 2.96 bits per heavy atom. The molecule has 0 aliphatic heterocycles. The predicted octanol–water partition coefficient (Wildman–Crippen LogP) is 3.49. The lowest BCUT2D eigenvalue weighted by Gasteiger charge is -2.33. The molecule has 128 valence electrons. The fourth-order valence-corrected chi connectivity index (χ4v) is 5.79. The summed E-state index contributed by atoms with van der Waals surface area (Å²) in [5.74, 6) is 3.19. The second-order valence-corrected chi connectivity index (χ2v) is 7.95. The zero-order valence-electron chi connectivity index (χ0n) is 14.0. The standard InChI is InChI=1S/C19H21N5O/c20-10-22-18(24-16-3-1-2-15-17(16)25-11-23-15)21-9-19-7-12-4-13(8-19)6-14(19)5-12/h1-3,11-14H,4-9H2,(H2,21,22,24). The summed E-state index contributed by atoms with van der Waals surface area (Å²) >= 11 is 0. The van der Waals surface area contributed by atoms with E-state index in [1.54, 1.807) is 0 Å². The number of aromatic nitrogens is 1. The van der Waals surface area contributed by atoms with Crippen molar-refractivity contribution in [3.05, 3.63) is 24.6 Å². The summed E-state index contributed by atoms with van der Waals surface area (Å²) < 4.78 is 5.45. The van der Waals surface area contributed by atoms with Crippen LogP contribution >= 0.6 is 0 Å². The van der Waals surface area contributed by atoms with E-state index in [-0.39, 0.29) is 0 Å². The van der Waals surface area contributed by atoms with Crippen LogP contribution in [-0.4, -0.2) is 17.5 Å². The predicted molar refractivity (Wildman–Crippen MR) is 94.7 cm³/mol. The minimum atomic E-state index is 0.406. The van der Waals surface area contributed by atoms with Crippen molar-refractivity contribution in [2.45, 2.75) is 32.1 Å². The van der Waals surface area contributed by atoms with Gasteiger partial charge >= 0.3 is 0 Å². The number of nitriles is 1. The van der Waals surface area contributed by atoms with Crippen LogP contribution in [0.4, 0.5) is 5.69 Å². The zero-order valence-corrected chi connectivity index (χ0v) is 14.0. The van der Waals surface area contributed by atoms with E-state index in [0.29, 0.717) is 17.0 Å². The van der Waals surface area contributed by atoms with Crippen molar-refractivity contribution in [2.24, 2.45) is 28.2 Å². The van der Waals surface area contributed by atoms with Gasteiger partial charge in [-0.25, -0.2) is 4.98 Å². The van der Waals surface area contributed by atoms with Crippen molar-refractivity contribution >= 4 is 22.7 Å². The second kappa shape index (κ2) is 5.48. The number of nitrogens with zero attached hydrogens (tertiary/aromatic N) is 3. The van der Waals surface area contributed by atoms with Gasteiger partial charge in [0.2, 0.25) is 12.2 Å². The molecule has 2 N–H and O–H groups in total. The normalized spacial score (nSPS) is 32.9. The van der Waals surface area contributed by atoms with E-state index in [0.717, 1.165) is 35.5 Å². The van der Waals surface area contributed by atoms with Crippen LogP contribution in [0.1, 0.15) is 32.1 Å². The Labute approximate surface area is 146 Å². The highest BCUT2D eigenvalue weighted by molar-refractivity contribution is 6.00. The number of hydrogen-bond donors (Lipinski definition) is 2. The molecule has 0 amide bonds. The molecule has 6 rings (SSSR count). The first-order valence-electron chi connectivity index (χ1n) is 9.06. The molecule has 2 unspecified atom stereocenters. The first kappa shape index (κ1) is 14.8. The Morgan fingerprint density at radius 2 is 2.16 bits per heavy atom. The summed E-state index contributed by atoms with van der Waals surface area (Å²) in [6, 6.07) is 5.71. The van der Waals surface area contributed by atoms with E-state index < -0.39 is 0 Å². The van der Waals surface area contributed by atoms with Crippen LogP contribution in [0.15, 0.2) is 34.0 Å². The van der Waals surface area contributed by atoms with Crippen LogP contribution in [0.3, 0.4) is 0 Å². The van der Waals surface area contributed by atoms with Crippen LogP contribution in [-0.2, 0) is 0 Å². The van der Waals surface area contributed by atoms with Crippen molar-refractivity contribution < 1.29 is 4.42 Å². The van der Waals surface area contributed by atoms with Gasteiger partial charge in [-0.3, -0.25) is 0 Å². The monoisotopic (exact) mass is 335 g/mol. The number of nitrogens with one attached hydrogen (secondary N) is 2. The lowest BCUT2D eigenvalue weighted by molar-refractivity contribution is 0.202. The molecule has 1 heterocycles. The molecule has 4 aliphatic rings. The third-order valence-corrected chi connectivity index (χ3v) is 6.54. The molecule has 0 radical (unpaired) electrons. The number of benzene rings is 1. The molecule has 2 atom stereocenters. The van der Waals surface area contributed by atoms with Gasteiger partial charge in [-0.1, -0.05) is 6.07 Å². The molecule has 4 fully saturated rings. The quantitative estimate of drug-likeness (QED) is 0.509. The highest BCUT2D eigenvalue weighted by atomic mass is 16.3. The maximum absolute atomic E-state index is 9.06. The minimum Gasteiger partial charge on any atom is -0.441 e. The number of fused-ring (bicyclic) bond motifs is 1. The first-order valence-corrected chi connectivity index (χ1v) is 9.06. The third kappa shape index (κ3) is 2.38. The summed E-state index contributed by atoms with van der Waals surface area (Å²) in [6.45, 7) is 0.893. The maximum atomic E-state index is 9.06. The van der Waals surface area contributed by atoms with Gasteiger partial charge in [0.25, 0.3) is 0 Å². The van der Waals surface area contributed by atoms with Gasteiger partial charge in [0, 0.05) is 6.54 Å². The number of rotatable bonds is 3. The van der Waals surface area contributed by atoms with E-state index in [4.69, 9.17) is 9.68 Å². The smallest absolute Gasteiger partial charge is 0.211 e. The van der Waals surface area contributed by atoms with E-state index in [1.165, 1.54) is 38.5 Å². The maximum Gasteiger partial charge on any atom is 0.211 e. The molecule has 4 aliphatic carbocycles. The topological polar surface area (TPSA) is 86.2 Å². The number of oxazole rings is 1. The van der Waals surface area contributed by atoms with Crippen molar-refractivity contribution in [2.75, 3.05) is 11.9 Å². The zero-order chi connectivity index (χ0) is 16.9. The molecule has 25 heavy (non-hydrogen) atoms. The molecule has 0 saturated heterocycles. The van der Waals surface area contributed by atoms with E-state index in [2.05, 4.69) is 20.6 Å². The average molecular weight is 335 g/mol. The van der Waals surface area contributed by atoms with Crippen molar-refractivity contribution in [1.82, 2.24) is 10.3 Å². The van der Waals surface area contributed by atoms with Gasteiger partial charge in [-0.15, -0.1) is 4.99 Å². The largest absolute Gasteiger partial charge is 0.441 e. The molecule has 4 bridgehead atoms. The lowest BCUT2D eigenvalue weighted by Crippen LogP contribution is -2.41. The Hall–Kier alpha value is -2.55. The number of anilines is 1. The van der Waals surface area contributed by atoms with Crippen LogP contribution in [0, 0.1) is 34.6 Å². The average Bonchev–Trinajstić information content (AvgIpc) is 3.23. The van der Waals surface area contributed by atoms with Crippen molar-refractivity contribution in [3.63, 3.8) is 0 Å². The highest BCUT2D eigenvalue weighted by Crippen LogP contribution is 2.65. The first-order chi connectivity index (χ1) is 12.3. The fraction of sp³-hybridized carbons (Fsp3) is 0.526. The van der Waals surface area contributed by atoms with E-state index in [9.17, 15) is 0 Å². The number of para-hydroxylation sites is 1. The summed E-state index contributed by atoms with van der Waals surface area (Å²) in [4.78, 5) is 8.12. The van der Waals surface area contributed by atoms with Crippen LogP contribution in [0.25, 0.3) is 11.1 Å². The Kier molecular flexibility index (Phi) is 3.24. The summed E-state index contributed by atoms with van der Waals surface area (Å²) in [7, 11) is 0. The summed E-state index contributed by atoms with van der Waals surface area (Å²) in [6.07, 6.45) is 10.2. The Morgan fingerprint density at radius 1 is 1.32 bits per heavy atom. The van der Waals surface area contributed by atoms with Crippen molar-refractivity contribution in [1.29, 1.82) is 5.26 Å². The number of hydrogen-bond acceptors (Lipinski definition) is 4. The number of guanidine groups is 1. The molecule has 6 nitrogen and oxygen atoms in total. The molecule has 1 aromatic carbocycles. The van der Waals surface area contributed by atoms with Crippen LogP contribution in [0.5, 0.6) is 0 Å². The van der Waals surface area contributed by atoms with Gasteiger partial charge < -0.3 is 15.1 Å². The molecule has 2 aromatic rings. The van der Waals surface area contributed by atoms with Crippen LogP contribution in [0.2, 0.25) is 0 Å². The summed E-state index contributed by atoms with van der Waals surface area (Å²) in [5, 5.41) is 15.7. The fourth-order valence-electron chi connectivity index (χ4n) is 5.79. The molecule has 6 heteroatoms. The highest BCUT2D eigenvalue weighted by Gasteiger charge is 2.57. The molecule has 0 spiro atoms. The van der Waals surface area contributed by atoms with Gasteiger partial charge in [0.05, 0.1) is 5.69 Å². The molecule has 1 aromatic heterocycles. The molecular weight excluding hydrogens is 314 g/mol. The van der Waals surface area contributed by atoms with Crippen molar-refractivity contribution in [3.8, 4) is 6.19 Å². The molecular formula is C19H21N5O. The lowest BCUT2D eigenvalue weighted by atomic mass is 9.75.